The lowest BCUT2D eigenvalue weighted by Crippen LogP contribution is -2.10. The van der Waals surface area contributed by atoms with E-state index in [0.717, 1.165) is 6.07 Å². The fraction of sp³-hybridized carbons (Fsp3) is 0. The number of nitro benzene ring substituents is 1. The number of halogens is 1. The van der Waals surface area contributed by atoms with Gasteiger partial charge in [-0.1, -0.05) is 15.9 Å². The van der Waals surface area contributed by atoms with Gasteiger partial charge in [-0.25, -0.2) is 0 Å². The molecule has 2 aromatic rings. The van der Waals surface area contributed by atoms with Gasteiger partial charge in [-0.3, -0.25) is 10.1 Å². The molecular weight excluding hydrogens is 364 g/mol. The van der Waals surface area contributed by atoms with Crippen molar-refractivity contribution in [3.8, 4) is 5.75 Å². The molecule has 0 atom stereocenters. The van der Waals surface area contributed by atoms with Gasteiger partial charge in [0.25, 0.3) is 5.69 Å². The topological polar surface area (TPSA) is 113 Å². The summed E-state index contributed by atoms with van der Waals surface area (Å²) in [5.41, 5.74) is 4.94. The van der Waals surface area contributed by atoms with Crippen LogP contribution in [0.5, 0.6) is 5.75 Å². The van der Waals surface area contributed by atoms with Gasteiger partial charge in [0, 0.05) is 4.47 Å². The number of nitro groups is 1. The van der Waals surface area contributed by atoms with Crippen molar-refractivity contribution in [2.75, 3.05) is 5.73 Å². The molecule has 2 N–H and O–H groups in total. The van der Waals surface area contributed by atoms with Crippen molar-refractivity contribution < 1.29 is 17.5 Å². The number of nitrogen functional groups attached to an aromatic ring is 1. The summed E-state index contributed by atoms with van der Waals surface area (Å²) in [6, 6.07) is 9.22. The van der Waals surface area contributed by atoms with Crippen LogP contribution < -0.4 is 9.92 Å². The molecule has 0 bridgehead atoms. The van der Waals surface area contributed by atoms with Gasteiger partial charge in [-0.2, -0.15) is 8.42 Å². The lowest BCUT2D eigenvalue weighted by molar-refractivity contribution is -0.383. The molecule has 0 saturated heterocycles. The van der Waals surface area contributed by atoms with Crippen LogP contribution in [0.3, 0.4) is 0 Å². The molecular formula is C12H9BrN2O5S. The van der Waals surface area contributed by atoms with E-state index in [1.54, 1.807) is 12.1 Å². The van der Waals surface area contributed by atoms with Gasteiger partial charge in [-0.15, -0.1) is 0 Å². The van der Waals surface area contributed by atoms with E-state index in [1.807, 2.05) is 0 Å². The number of benzene rings is 2. The fourth-order valence-electron chi connectivity index (χ4n) is 1.51. The SMILES string of the molecule is Nc1ccc(OS(=O)(=O)c2ccc(Br)cc2)cc1[N+](=O)[O-]. The Bertz CT molecular complexity index is 790. The van der Waals surface area contributed by atoms with E-state index in [2.05, 4.69) is 15.9 Å². The molecule has 0 aliphatic heterocycles. The van der Waals surface area contributed by atoms with Crippen LogP contribution >= 0.6 is 15.9 Å². The van der Waals surface area contributed by atoms with Gasteiger partial charge >= 0.3 is 10.1 Å². The first-order chi connectivity index (χ1) is 9.79. The monoisotopic (exact) mass is 372 g/mol. The van der Waals surface area contributed by atoms with E-state index in [1.165, 1.54) is 24.3 Å². The smallest absolute Gasteiger partial charge is 0.339 e. The maximum atomic E-state index is 12.0. The molecule has 2 aromatic carbocycles. The fourth-order valence-corrected chi connectivity index (χ4v) is 2.70. The van der Waals surface area contributed by atoms with Gasteiger partial charge in [0.1, 0.15) is 16.3 Å². The van der Waals surface area contributed by atoms with Crippen LogP contribution in [0, 0.1) is 10.1 Å². The van der Waals surface area contributed by atoms with Crippen LogP contribution in [-0.4, -0.2) is 13.3 Å². The van der Waals surface area contributed by atoms with Crippen LogP contribution in [-0.2, 0) is 10.1 Å². The third-order valence-electron chi connectivity index (χ3n) is 2.51. The van der Waals surface area contributed by atoms with Crippen molar-refractivity contribution >= 4 is 37.4 Å². The molecule has 0 amide bonds. The Kier molecular flexibility index (Phi) is 4.14. The predicted octanol–water partition coefficient (Wildman–Crippen LogP) is 2.71. The summed E-state index contributed by atoms with van der Waals surface area (Å²) in [5.74, 6) is -0.182. The summed E-state index contributed by atoms with van der Waals surface area (Å²) in [6.07, 6.45) is 0. The first-order valence-corrected chi connectivity index (χ1v) is 7.74. The highest BCUT2D eigenvalue weighted by Crippen LogP contribution is 2.28. The number of hydrogen-bond acceptors (Lipinski definition) is 6. The van der Waals surface area contributed by atoms with E-state index in [-0.39, 0.29) is 16.3 Å². The predicted molar refractivity (Wildman–Crippen MR) is 79.5 cm³/mol. The summed E-state index contributed by atoms with van der Waals surface area (Å²) >= 11 is 3.19. The Labute approximate surface area is 128 Å². The second kappa shape index (κ2) is 5.70. The number of anilines is 1. The average Bonchev–Trinajstić information content (AvgIpc) is 2.41. The quantitative estimate of drug-likeness (QED) is 0.382. The van der Waals surface area contributed by atoms with Gasteiger partial charge < -0.3 is 9.92 Å². The molecule has 9 heteroatoms. The number of rotatable bonds is 4. The van der Waals surface area contributed by atoms with Crippen LogP contribution in [0.4, 0.5) is 11.4 Å². The van der Waals surface area contributed by atoms with Gasteiger partial charge in [-0.05, 0) is 36.4 Å². The number of nitrogens with zero attached hydrogens (tertiary/aromatic N) is 1. The van der Waals surface area contributed by atoms with Crippen LogP contribution in [0.15, 0.2) is 51.8 Å². The lowest BCUT2D eigenvalue weighted by Gasteiger charge is -2.07. The maximum absolute atomic E-state index is 12.0. The molecule has 7 nitrogen and oxygen atoms in total. The van der Waals surface area contributed by atoms with Crippen LogP contribution in [0.2, 0.25) is 0 Å². The zero-order valence-electron chi connectivity index (χ0n) is 10.4. The maximum Gasteiger partial charge on any atom is 0.339 e. The van der Waals surface area contributed by atoms with E-state index < -0.39 is 20.7 Å². The van der Waals surface area contributed by atoms with Crippen LogP contribution in [0.25, 0.3) is 0 Å². The Morgan fingerprint density at radius 3 is 2.33 bits per heavy atom. The number of hydrogen-bond donors (Lipinski definition) is 1. The summed E-state index contributed by atoms with van der Waals surface area (Å²) in [6.45, 7) is 0. The molecule has 110 valence electrons. The second-order valence-electron chi connectivity index (χ2n) is 3.97. The standard InChI is InChI=1S/C12H9BrN2O5S/c13-8-1-4-10(5-2-8)21(18,19)20-9-3-6-11(14)12(7-9)15(16)17/h1-7H,14H2. The van der Waals surface area contributed by atoms with E-state index in [4.69, 9.17) is 9.92 Å². The molecule has 0 aliphatic rings. The Morgan fingerprint density at radius 2 is 1.76 bits per heavy atom. The van der Waals surface area contributed by atoms with Gasteiger partial charge in [0.15, 0.2) is 0 Å². The lowest BCUT2D eigenvalue weighted by atomic mass is 10.2. The summed E-state index contributed by atoms with van der Waals surface area (Å²) in [5, 5.41) is 10.8. The number of nitrogens with two attached hydrogens (primary N) is 1. The first kappa shape index (κ1) is 15.3. The first-order valence-electron chi connectivity index (χ1n) is 5.53. The van der Waals surface area contributed by atoms with Crippen molar-refractivity contribution in [1.82, 2.24) is 0 Å². The van der Waals surface area contributed by atoms with E-state index >= 15 is 0 Å². The Morgan fingerprint density at radius 1 is 1.14 bits per heavy atom. The zero-order chi connectivity index (χ0) is 15.6. The molecule has 0 fully saturated rings. The molecule has 0 heterocycles. The van der Waals surface area contributed by atoms with Crippen molar-refractivity contribution in [2.24, 2.45) is 0 Å². The minimum absolute atomic E-state index is 0.0646. The van der Waals surface area contributed by atoms with E-state index in [9.17, 15) is 18.5 Å². The molecule has 21 heavy (non-hydrogen) atoms. The summed E-state index contributed by atoms with van der Waals surface area (Å²) in [7, 11) is -4.07. The normalized spacial score (nSPS) is 11.1. The Balaban J connectivity index is 2.35. The van der Waals surface area contributed by atoms with Crippen molar-refractivity contribution in [3.63, 3.8) is 0 Å². The largest absolute Gasteiger partial charge is 0.393 e. The average molecular weight is 373 g/mol. The Hall–Kier alpha value is -2.13. The van der Waals surface area contributed by atoms with Crippen molar-refractivity contribution in [1.29, 1.82) is 0 Å². The van der Waals surface area contributed by atoms with E-state index in [0.29, 0.717) is 4.47 Å². The third kappa shape index (κ3) is 3.50. The highest BCUT2D eigenvalue weighted by atomic mass is 79.9. The molecule has 0 aromatic heterocycles. The van der Waals surface area contributed by atoms with Crippen LogP contribution in [0.1, 0.15) is 0 Å². The van der Waals surface area contributed by atoms with Gasteiger partial charge in [0.05, 0.1) is 11.0 Å². The molecule has 2 rings (SSSR count). The third-order valence-corrected chi connectivity index (χ3v) is 4.30. The van der Waals surface area contributed by atoms with Crippen molar-refractivity contribution in [2.45, 2.75) is 4.90 Å². The minimum Gasteiger partial charge on any atom is -0.393 e. The highest BCUT2D eigenvalue weighted by molar-refractivity contribution is 9.10. The minimum atomic E-state index is -4.07. The molecule has 0 unspecified atom stereocenters. The molecule has 0 spiro atoms. The second-order valence-corrected chi connectivity index (χ2v) is 6.43. The van der Waals surface area contributed by atoms with Crippen molar-refractivity contribution in [3.05, 3.63) is 57.1 Å². The highest BCUT2D eigenvalue weighted by Gasteiger charge is 2.19. The summed E-state index contributed by atoms with van der Waals surface area (Å²) in [4.78, 5) is 9.98. The summed E-state index contributed by atoms with van der Waals surface area (Å²) < 4.78 is 29.7. The molecule has 0 saturated carbocycles. The van der Waals surface area contributed by atoms with Gasteiger partial charge in [0.2, 0.25) is 0 Å². The zero-order valence-corrected chi connectivity index (χ0v) is 12.8. The molecule has 0 radical (unpaired) electrons. The molecule has 0 aliphatic carbocycles.